The van der Waals surface area contributed by atoms with Crippen LogP contribution in [-0.4, -0.2) is 18.6 Å². The fraction of sp³-hybridized carbons (Fsp3) is 0.350. The predicted molar refractivity (Wildman–Crippen MR) is 93.9 cm³/mol. The third-order valence-corrected chi connectivity index (χ3v) is 4.11. The van der Waals surface area contributed by atoms with Crippen LogP contribution in [-0.2, 0) is 4.79 Å². The second-order valence-electron chi connectivity index (χ2n) is 6.06. The third kappa shape index (κ3) is 4.85. The number of aryl methyl sites for hydroxylation is 2. The van der Waals surface area contributed by atoms with Crippen molar-refractivity contribution in [3.8, 4) is 5.75 Å². The SMILES string of the molecule is Cc1ccc(OC(C)C(=O)NCC(C)c2ccccc2)cc1C. The van der Waals surface area contributed by atoms with Gasteiger partial charge in [-0.15, -0.1) is 0 Å². The second-order valence-corrected chi connectivity index (χ2v) is 6.06. The first-order valence-electron chi connectivity index (χ1n) is 8.04. The minimum absolute atomic E-state index is 0.0917. The molecule has 23 heavy (non-hydrogen) atoms. The molecule has 2 rings (SSSR count). The van der Waals surface area contributed by atoms with Gasteiger partial charge in [-0.25, -0.2) is 0 Å². The molecule has 0 bridgehead atoms. The van der Waals surface area contributed by atoms with Crippen molar-refractivity contribution in [1.82, 2.24) is 5.32 Å². The van der Waals surface area contributed by atoms with E-state index in [9.17, 15) is 4.79 Å². The minimum atomic E-state index is -0.514. The molecule has 0 fully saturated rings. The van der Waals surface area contributed by atoms with E-state index in [2.05, 4.69) is 31.3 Å². The van der Waals surface area contributed by atoms with Gasteiger partial charge in [0.1, 0.15) is 5.75 Å². The quantitative estimate of drug-likeness (QED) is 0.876. The van der Waals surface area contributed by atoms with Gasteiger partial charge >= 0.3 is 0 Å². The Balaban J connectivity index is 1.86. The van der Waals surface area contributed by atoms with Gasteiger partial charge in [-0.05, 0) is 55.5 Å². The summed E-state index contributed by atoms with van der Waals surface area (Å²) in [7, 11) is 0. The van der Waals surface area contributed by atoms with Crippen molar-refractivity contribution < 1.29 is 9.53 Å². The number of ether oxygens (including phenoxy) is 1. The van der Waals surface area contributed by atoms with Gasteiger partial charge in [0.2, 0.25) is 0 Å². The first-order valence-corrected chi connectivity index (χ1v) is 8.04. The first kappa shape index (κ1) is 17.1. The highest BCUT2D eigenvalue weighted by molar-refractivity contribution is 5.80. The van der Waals surface area contributed by atoms with E-state index in [4.69, 9.17) is 4.74 Å². The topological polar surface area (TPSA) is 38.3 Å². The zero-order valence-corrected chi connectivity index (χ0v) is 14.3. The normalized spacial score (nSPS) is 13.2. The number of hydrogen-bond donors (Lipinski definition) is 1. The van der Waals surface area contributed by atoms with Gasteiger partial charge in [0.25, 0.3) is 5.91 Å². The third-order valence-electron chi connectivity index (χ3n) is 4.11. The fourth-order valence-corrected chi connectivity index (χ4v) is 2.34. The molecule has 2 atom stereocenters. The van der Waals surface area contributed by atoms with Crippen LogP contribution in [0.15, 0.2) is 48.5 Å². The lowest BCUT2D eigenvalue weighted by atomic mass is 10.0. The summed E-state index contributed by atoms with van der Waals surface area (Å²) in [5, 5.41) is 2.96. The van der Waals surface area contributed by atoms with Gasteiger partial charge in [0, 0.05) is 6.54 Å². The van der Waals surface area contributed by atoms with E-state index < -0.39 is 6.10 Å². The average molecular weight is 311 g/mol. The van der Waals surface area contributed by atoms with Crippen LogP contribution in [0.3, 0.4) is 0 Å². The summed E-state index contributed by atoms with van der Waals surface area (Å²) < 4.78 is 5.74. The van der Waals surface area contributed by atoms with Crippen LogP contribution in [0.2, 0.25) is 0 Å². The van der Waals surface area contributed by atoms with E-state index in [1.54, 1.807) is 6.92 Å². The van der Waals surface area contributed by atoms with Crippen molar-refractivity contribution in [3.05, 3.63) is 65.2 Å². The highest BCUT2D eigenvalue weighted by Gasteiger charge is 2.16. The average Bonchev–Trinajstić information content (AvgIpc) is 2.56. The molecule has 122 valence electrons. The smallest absolute Gasteiger partial charge is 0.260 e. The Hall–Kier alpha value is -2.29. The maximum absolute atomic E-state index is 12.2. The van der Waals surface area contributed by atoms with E-state index in [0.717, 1.165) is 11.3 Å². The molecule has 0 saturated carbocycles. The maximum atomic E-state index is 12.2. The lowest BCUT2D eigenvalue weighted by Gasteiger charge is -2.18. The summed E-state index contributed by atoms with van der Waals surface area (Å²) >= 11 is 0. The van der Waals surface area contributed by atoms with Crippen LogP contribution in [0.25, 0.3) is 0 Å². The molecule has 0 heterocycles. The van der Waals surface area contributed by atoms with Crippen LogP contribution in [0, 0.1) is 13.8 Å². The molecule has 3 nitrogen and oxygen atoms in total. The highest BCUT2D eigenvalue weighted by Crippen LogP contribution is 2.18. The number of rotatable bonds is 6. The van der Waals surface area contributed by atoms with Gasteiger partial charge in [-0.3, -0.25) is 4.79 Å². The largest absolute Gasteiger partial charge is 0.481 e. The summed E-state index contributed by atoms with van der Waals surface area (Å²) in [6, 6.07) is 16.0. The molecule has 0 aromatic heterocycles. The Bertz CT molecular complexity index is 652. The number of carbonyl (C=O) groups excluding carboxylic acids is 1. The zero-order chi connectivity index (χ0) is 16.8. The Labute approximate surface area is 138 Å². The Morgan fingerprint density at radius 2 is 1.74 bits per heavy atom. The molecule has 0 spiro atoms. The molecule has 0 aliphatic carbocycles. The van der Waals surface area contributed by atoms with Crippen LogP contribution in [0.1, 0.15) is 36.5 Å². The lowest BCUT2D eigenvalue weighted by molar-refractivity contribution is -0.127. The number of hydrogen-bond acceptors (Lipinski definition) is 2. The lowest BCUT2D eigenvalue weighted by Crippen LogP contribution is -2.38. The molecule has 0 saturated heterocycles. The molecule has 0 aliphatic rings. The van der Waals surface area contributed by atoms with Gasteiger partial charge in [0.05, 0.1) is 0 Å². The van der Waals surface area contributed by atoms with E-state index in [1.807, 2.05) is 43.3 Å². The molecule has 0 radical (unpaired) electrons. The monoisotopic (exact) mass is 311 g/mol. The maximum Gasteiger partial charge on any atom is 0.260 e. The van der Waals surface area contributed by atoms with E-state index in [0.29, 0.717) is 6.54 Å². The highest BCUT2D eigenvalue weighted by atomic mass is 16.5. The standard InChI is InChI=1S/C20H25NO2/c1-14-10-11-19(12-15(14)2)23-17(4)20(22)21-13-16(3)18-8-6-5-7-9-18/h5-12,16-17H,13H2,1-4H3,(H,21,22). The molecule has 2 unspecified atom stereocenters. The van der Waals surface area contributed by atoms with E-state index in [-0.39, 0.29) is 11.8 Å². The first-order chi connectivity index (χ1) is 11.0. The van der Waals surface area contributed by atoms with Gasteiger partial charge in [0.15, 0.2) is 6.10 Å². The van der Waals surface area contributed by atoms with Gasteiger partial charge in [-0.1, -0.05) is 43.3 Å². The molecule has 1 amide bonds. The summed E-state index contributed by atoms with van der Waals surface area (Å²) in [5.41, 5.74) is 3.59. The van der Waals surface area contributed by atoms with Crippen LogP contribution in [0.5, 0.6) is 5.75 Å². The van der Waals surface area contributed by atoms with Crippen molar-refractivity contribution in [3.63, 3.8) is 0 Å². The van der Waals surface area contributed by atoms with Crippen molar-refractivity contribution in [1.29, 1.82) is 0 Å². The van der Waals surface area contributed by atoms with Gasteiger partial charge in [-0.2, -0.15) is 0 Å². The number of carbonyl (C=O) groups is 1. The number of amides is 1. The number of benzene rings is 2. The number of nitrogens with one attached hydrogen (secondary N) is 1. The molecule has 2 aromatic rings. The van der Waals surface area contributed by atoms with Gasteiger partial charge < -0.3 is 10.1 Å². The molecule has 1 N–H and O–H groups in total. The molecule has 3 heteroatoms. The van der Waals surface area contributed by atoms with E-state index >= 15 is 0 Å². The molecular weight excluding hydrogens is 286 g/mol. The van der Waals surface area contributed by atoms with Crippen molar-refractivity contribution in [2.24, 2.45) is 0 Å². The van der Waals surface area contributed by atoms with Crippen LogP contribution < -0.4 is 10.1 Å². The molecule has 2 aromatic carbocycles. The van der Waals surface area contributed by atoms with Crippen molar-refractivity contribution in [2.45, 2.75) is 39.7 Å². The summed E-state index contributed by atoms with van der Waals surface area (Å²) in [6.45, 7) is 8.57. The van der Waals surface area contributed by atoms with Crippen LogP contribution >= 0.6 is 0 Å². The van der Waals surface area contributed by atoms with Crippen LogP contribution in [0.4, 0.5) is 0 Å². The Kier molecular flexibility index (Phi) is 5.80. The molecular formula is C20H25NO2. The summed E-state index contributed by atoms with van der Waals surface area (Å²) in [4.78, 5) is 12.2. The zero-order valence-electron chi connectivity index (χ0n) is 14.3. The predicted octanol–water partition coefficient (Wildman–Crippen LogP) is 3.99. The Morgan fingerprint density at radius 1 is 1.04 bits per heavy atom. The van der Waals surface area contributed by atoms with E-state index in [1.165, 1.54) is 11.1 Å². The fourth-order valence-electron chi connectivity index (χ4n) is 2.34. The molecule has 0 aliphatic heterocycles. The summed E-state index contributed by atoms with van der Waals surface area (Å²) in [5.74, 6) is 0.909. The summed E-state index contributed by atoms with van der Waals surface area (Å²) in [6.07, 6.45) is -0.514. The van der Waals surface area contributed by atoms with Crippen molar-refractivity contribution >= 4 is 5.91 Å². The second kappa shape index (κ2) is 7.82. The minimum Gasteiger partial charge on any atom is -0.481 e. The van der Waals surface area contributed by atoms with Crippen molar-refractivity contribution in [2.75, 3.05) is 6.54 Å². The Morgan fingerprint density at radius 3 is 2.39 bits per heavy atom.